The molecular weight excluding hydrogens is 404 g/mol. The number of carbonyl (C=O) groups is 2. The van der Waals surface area contributed by atoms with Crippen LogP contribution in [0.3, 0.4) is 0 Å². The molecule has 1 aliphatic heterocycles. The second-order valence-corrected chi connectivity index (χ2v) is 9.23. The molecule has 2 aromatic rings. The van der Waals surface area contributed by atoms with Gasteiger partial charge in [0.2, 0.25) is 0 Å². The topological polar surface area (TPSA) is 67.9 Å². The number of hydrogen-bond acceptors (Lipinski definition) is 4. The van der Waals surface area contributed by atoms with E-state index in [2.05, 4.69) is 5.32 Å². The van der Waals surface area contributed by atoms with Gasteiger partial charge in [-0.1, -0.05) is 60.7 Å². The van der Waals surface area contributed by atoms with Crippen molar-refractivity contribution in [1.82, 2.24) is 10.2 Å². The van der Waals surface area contributed by atoms with Gasteiger partial charge < -0.3 is 19.7 Å². The largest absolute Gasteiger partial charge is 0.445 e. The number of amides is 2. The van der Waals surface area contributed by atoms with Gasteiger partial charge in [0.1, 0.15) is 12.2 Å². The molecule has 0 bridgehead atoms. The maximum absolute atomic E-state index is 12.9. The summed E-state index contributed by atoms with van der Waals surface area (Å²) < 4.78 is 11.1. The summed E-state index contributed by atoms with van der Waals surface area (Å²) in [5.41, 5.74) is 1.37. The van der Waals surface area contributed by atoms with E-state index in [-0.39, 0.29) is 24.8 Å². The molecule has 1 N–H and O–H groups in total. The molecule has 1 saturated heterocycles. The van der Waals surface area contributed by atoms with E-state index in [1.54, 1.807) is 0 Å². The van der Waals surface area contributed by atoms with Gasteiger partial charge in [-0.25, -0.2) is 9.59 Å². The smallest absolute Gasteiger partial charge is 0.410 e. The fraction of sp³-hybridized carbons (Fsp3) is 0.462. The Morgan fingerprint density at radius 2 is 1.69 bits per heavy atom. The second kappa shape index (κ2) is 11.0. The molecule has 0 aromatic heterocycles. The molecule has 2 amide bonds. The summed E-state index contributed by atoms with van der Waals surface area (Å²) in [7, 11) is 0. The molecule has 1 aliphatic rings. The maximum atomic E-state index is 12.9. The van der Waals surface area contributed by atoms with Crippen LogP contribution in [-0.4, -0.2) is 35.3 Å². The lowest BCUT2D eigenvalue weighted by Gasteiger charge is -2.37. The van der Waals surface area contributed by atoms with Crippen LogP contribution in [0.1, 0.15) is 63.6 Å². The van der Waals surface area contributed by atoms with E-state index < -0.39 is 11.7 Å². The lowest BCUT2D eigenvalue weighted by molar-refractivity contribution is 0.0465. The summed E-state index contributed by atoms with van der Waals surface area (Å²) in [6.45, 7) is 6.44. The molecule has 0 aliphatic carbocycles. The number of nitrogens with one attached hydrogen (secondary N) is 1. The number of benzene rings is 2. The monoisotopic (exact) mass is 438 g/mol. The predicted octanol–water partition coefficient (Wildman–Crippen LogP) is 5.83. The van der Waals surface area contributed by atoms with E-state index in [4.69, 9.17) is 9.47 Å². The Labute approximate surface area is 190 Å². The first kappa shape index (κ1) is 23.6. The molecule has 0 spiro atoms. The van der Waals surface area contributed by atoms with Crippen molar-refractivity contribution in [2.24, 2.45) is 0 Å². The second-order valence-electron chi connectivity index (χ2n) is 9.23. The Balaban J connectivity index is 1.69. The highest BCUT2D eigenvalue weighted by atomic mass is 16.6. The van der Waals surface area contributed by atoms with Gasteiger partial charge in [-0.15, -0.1) is 0 Å². The Hall–Kier alpha value is -3.02. The minimum atomic E-state index is -0.580. The Bertz CT molecular complexity index is 864. The van der Waals surface area contributed by atoms with Crippen molar-refractivity contribution in [3.05, 3.63) is 71.8 Å². The average molecular weight is 439 g/mol. The van der Waals surface area contributed by atoms with E-state index in [1.165, 1.54) is 0 Å². The van der Waals surface area contributed by atoms with Crippen LogP contribution in [0.25, 0.3) is 0 Å². The van der Waals surface area contributed by atoms with E-state index in [0.717, 1.165) is 30.4 Å². The van der Waals surface area contributed by atoms with Crippen LogP contribution in [-0.2, 0) is 16.1 Å². The van der Waals surface area contributed by atoms with Gasteiger partial charge in [0.15, 0.2) is 0 Å². The number of likely N-dealkylation sites (tertiary alicyclic amines) is 1. The first-order valence-electron chi connectivity index (χ1n) is 11.3. The number of nitrogens with zero attached hydrogens (tertiary/aromatic N) is 1. The van der Waals surface area contributed by atoms with Crippen LogP contribution in [0.15, 0.2) is 60.7 Å². The predicted molar refractivity (Wildman–Crippen MR) is 124 cm³/mol. The summed E-state index contributed by atoms with van der Waals surface area (Å²) in [6.07, 6.45) is 2.71. The van der Waals surface area contributed by atoms with Crippen molar-refractivity contribution < 1.29 is 19.1 Å². The highest BCUT2D eigenvalue weighted by Crippen LogP contribution is 2.28. The minimum Gasteiger partial charge on any atom is -0.445 e. The van der Waals surface area contributed by atoms with Crippen LogP contribution >= 0.6 is 0 Å². The van der Waals surface area contributed by atoms with Gasteiger partial charge in [0.05, 0.1) is 6.04 Å². The van der Waals surface area contributed by atoms with Crippen molar-refractivity contribution in [3.63, 3.8) is 0 Å². The third-order valence-electron chi connectivity index (χ3n) is 5.47. The normalized spacial score (nSPS) is 17.3. The fourth-order valence-corrected chi connectivity index (χ4v) is 3.97. The summed E-state index contributed by atoms with van der Waals surface area (Å²) in [5, 5.41) is 3.01. The molecule has 0 saturated carbocycles. The summed E-state index contributed by atoms with van der Waals surface area (Å²) >= 11 is 0. The van der Waals surface area contributed by atoms with Crippen LogP contribution in [0, 0.1) is 0 Å². The molecule has 6 heteroatoms. The number of rotatable bonds is 6. The first-order chi connectivity index (χ1) is 15.3. The van der Waals surface area contributed by atoms with Gasteiger partial charge in [-0.05, 0) is 57.6 Å². The highest BCUT2D eigenvalue weighted by molar-refractivity contribution is 5.69. The van der Waals surface area contributed by atoms with Crippen LogP contribution in [0.2, 0.25) is 0 Å². The number of alkyl carbamates (subject to hydrolysis) is 1. The molecule has 2 atom stereocenters. The number of piperidine rings is 1. The third-order valence-corrected chi connectivity index (χ3v) is 5.47. The fourth-order valence-electron chi connectivity index (χ4n) is 3.97. The molecule has 0 radical (unpaired) electrons. The molecule has 172 valence electrons. The highest BCUT2D eigenvalue weighted by Gasteiger charge is 2.31. The van der Waals surface area contributed by atoms with Crippen molar-refractivity contribution in [2.75, 3.05) is 6.54 Å². The summed E-state index contributed by atoms with van der Waals surface area (Å²) in [6, 6.07) is 19.2. The van der Waals surface area contributed by atoms with E-state index in [9.17, 15) is 9.59 Å². The summed E-state index contributed by atoms with van der Waals surface area (Å²) in [5.74, 6) is 0. The SMILES string of the molecule is CC(C)(C)OC(=O)N[C@@H](C[C@H]1CCCCN1C(=O)OCc1ccccc1)c1ccccc1. The van der Waals surface area contributed by atoms with Crippen molar-refractivity contribution in [2.45, 2.75) is 70.7 Å². The summed E-state index contributed by atoms with van der Waals surface area (Å²) in [4.78, 5) is 27.2. The van der Waals surface area contributed by atoms with Gasteiger partial charge in [0, 0.05) is 12.6 Å². The standard InChI is InChI=1S/C26H34N2O4/c1-26(2,3)32-24(29)27-23(21-14-8-5-9-15-21)18-22-16-10-11-17-28(22)25(30)31-19-20-12-6-4-7-13-20/h4-9,12-15,22-23H,10-11,16-19H2,1-3H3,(H,27,29)/t22-,23+/m1/s1. The van der Waals surface area contributed by atoms with Crippen molar-refractivity contribution in [1.29, 1.82) is 0 Å². The molecule has 6 nitrogen and oxygen atoms in total. The van der Waals surface area contributed by atoms with E-state index in [0.29, 0.717) is 13.0 Å². The Kier molecular flexibility index (Phi) is 8.14. The molecule has 0 unspecified atom stereocenters. The number of carbonyl (C=O) groups excluding carboxylic acids is 2. The van der Waals surface area contributed by atoms with Gasteiger partial charge in [-0.3, -0.25) is 0 Å². The van der Waals surface area contributed by atoms with Crippen molar-refractivity contribution in [3.8, 4) is 0 Å². The minimum absolute atomic E-state index is 0.0211. The molecule has 32 heavy (non-hydrogen) atoms. The first-order valence-corrected chi connectivity index (χ1v) is 11.3. The van der Waals surface area contributed by atoms with Crippen LogP contribution in [0.5, 0.6) is 0 Å². The van der Waals surface area contributed by atoms with Crippen LogP contribution in [0.4, 0.5) is 9.59 Å². The Morgan fingerprint density at radius 1 is 1.03 bits per heavy atom. The quantitative estimate of drug-likeness (QED) is 0.616. The number of hydrogen-bond donors (Lipinski definition) is 1. The molecular formula is C26H34N2O4. The Morgan fingerprint density at radius 3 is 2.34 bits per heavy atom. The number of ether oxygens (including phenoxy) is 2. The third kappa shape index (κ3) is 7.29. The molecule has 1 fully saturated rings. The van der Waals surface area contributed by atoms with Gasteiger partial charge in [-0.2, -0.15) is 0 Å². The van der Waals surface area contributed by atoms with E-state index >= 15 is 0 Å². The zero-order chi connectivity index (χ0) is 23.0. The van der Waals surface area contributed by atoms with Crippen LogP contribution < -0.4 is 5.32 Å². The van der Waals surface area contributed by atoms with Crippen molar-refractivity contribution >= 4 is 12.2 Å². The average Bonchev–Trinajstić information content (AvgIpc) is 2.77. The zero-order valence-corrected chi connectivity index (χ0v) is 19.3. The molecule has 1 heterocycles. The van der Waals surface area contributed by atoms with Gasteiger partial charge in [0.25, 0.3) is 0 Å². The van der Waals surface area contributed by atoms with E-state index in [1.807, 2.05) is 86.3 Å². The molecule has 2 aromatic carbocycles. The van der Waals surface area contributed by atoms with Gasteiger partial charge >= 0.3 is 12.2 Å². The maximum Gasteiger partial charge on any atom is 0.410 e. The zero-order valence-electron chi connectivity index (χ0n) is 19.3. The lowest BCUT2D eigenvalue weighted by atomic mass is 9.93. The molecule has 3 rings (SSSR count). The lowest BCUT2D eigenvalue weighted by Crippen LogP contribution is -2.46.